The Bertz CT molecular complexity index is 933. The number of rotatable bonds is 5. The van der Waals surface area contributed by atoms with Crippen LogP contribution in [0, 0.1) is 27.7 Å². The molecule has 1 aromatic carbocycles. The lowest BCUT2D eigenvalue weighted by Crippen LogP contribution is -2.29. The third-order valence-electron chi connectivity index (χ3n) is 4.29. The lowest BCUT2D eigenvalue weighted by atomic mass is 10.1. The SMILES string of the molecule is Cc1nc(NCC(=O)NCc2ccccc2C)c2c(C)c(C)sc2n1. The number of aromatic nitrogens is 2. The van der Waals surface area contributed by atoms with Crippen LogP contribution in [0.5, 0.6) is 0 Å². The molecule has 0 saturated heterocycles. The number of benzene rings is 1. The van der Waals surface area contributed by atoms with Crippen molar-refractivity contribution < 1.29 is 4.79 Å². The number of fused-ring (bicyclic) bond motifs is 1. The standard InChI is InChI=1S/C19H22N4OS/c1-11-7-5-6-8-15(11)9-20-16(24)10-21-18-17-12(2)13(3)25-19(17)23-14(4)22-18/h5-8H,9-10H2,1-4H3,(H,20,24)(H,21,22,23). The Morgan fingerprint density at radius 3 is 2.64 bits per heavy atom. The molecule has 0 aliphatic heterocycles. The highest BCUT2D eigenvalue weighted by Crippen LogP contribution is 2.32. The van der Waals surface area contributed by atoms with Gasteiger partial charge >= 0.3 is 0 Å². The first-order chi connectivity index (χ1) is 12.0. The van der Waals surface area contributed by atoms with Crippen molar-refractivity contribution in [2.75, 3.05) is 11.9 Å². The minimum absolute atomic E-state index is 0.0581. The molecule has 0 radical (unpaired) electrons. The first-order valence-electron chi connectivity index (χ1n) is 8.25. The van der Waals surface area contributed by atoms with Gasteiger partial charge in [0.15, 0.2) is 0 Å². The van der Waals surface area contributed by atoms with Crippen LogP contribution in [0.4, 0.5) is 5.82 Å². The van der Waals surface area contributed by atoms with Crippen molar-refractivity contribution in [3.8, 4) is 0 Å². The van der Waals surface area contributed by atoms with Crippen molar-refractivity contribution in [3.63, 3.8) is 0 Å². The molecular weight excluding hydrogens is 332 g/mol. The van der Waals surface area contributed by atoms with E-state index in [0.29, 0.717) is 12.4 Å². The van der Waals surface area contributed by atoms with E-state index in [1.54, 1.807) is 11.3 Å². The summed E-state index contributed by atoms with van der Waals surface area (Å²) in [7, 11) is 0. The topological polar surface area (TPSA) is 66.9 Å². The Kier molecular flexibility index (Phi) is 4.99. The molecule has 130 valence electrons. The summed E-state index contributed by atoms with van der Waals surface area (Å²) >= 11 is 1.66. The van der Waals surface area contributed by atoms with Crippen molar-refractivity contribution in [1.82, 2.24) is 15.3 Å². The van der Waals surface area contributed by atoms with E-state index in [-0.39, 0.29) is 12.5 Å². The van der Waals surface area contributed by atoms with E-state index in [9.17, 15) is 4.79 Å². The van der Waals surface area contributed by atoms with E-state index >= 15 is 0 Å². The van der Waals surface area contributed by atoms with Crippen LogP contribution >= 0.6 is 11.3 Å². The zero-order valence-corrected chi connectivity index (χ0v) is 15.8. The minimum atomic E-state index is -0.0581. The summed E-state index contributed by atoms with van der Waals surface area (Å²) in [5.41, 5.74) is 3.47. The van der Waals surface area contributed by atoms with Crippen LogP contribution in [0.1, 0.15) is 27.4 Å². The molecule has 0 bridgehead atoms. The van der Waals surface area contributed by atoms with Crippen molar-refractivity contribution in [1.29, 1.82) is 0 Å². The highest BCUT2D eigenvalue weighted by atomic mass is 32.1. The molecule has 25 heavy (non-hydrogen) atoms. The number of nitrogens with one attached hydrogen (secondary N) is 2. The van der Waals surface area contributed by atoms with Gasteiger partial charge in [0.1, 0.15) is 16.5 Å². The Morgan fingerprint density at radius 2 is 1.88 bits per heavy atom. The van der Waals surface area contributed by atoms with Gasteiger partial charge in [-0.1, -0.05) is 24.3 Å². The number of hydrogen-bond acceptors (Lipinski definition) is 5. The van der Waals surface area contributed by atoms with Crippen LogP contribution < -0.4 is 10.6 Å². The number of carbonyl (C=O) groups is 1. The summed E-state index contributed by atoms with van der Waals surface area (Å²) in [6.45, 7) is 8.77. The molecule has 2 heterocycles. The number of nitrogens with zero attached hydrogens (tertiary/aromatic N) is 2. The summed E-state index contributed by atoms with van der Waals surface area (Å²) in [4.78, 5) is 23.4. The average Bonchev–Trinajstić information content (AvgIpc) is 2.86. The van der Waals surface area contributed by atoms with Crippen molar-refractivity contribution >= 4 is 33.3 Å². The number of aryl methyl sites for hydroxylation is 4. The Labute approximate surface area is 151 Å². The summed E-state index contributed by atoms with van der Waals surface area (Å²) in [6.07, 6.45) is 0. The molecule has 3 rings (SSSR count). The summed E-state index contributed by atoms with van der Waals surface area (Å²) in [5.74, 6) is 1.38. The third-order valence-corrected chi connectivity index (χ3v) is 5.40. The highest BCUT2D eigenvalue weighted by molar-refractivity contribution is 7.18. The molecule has 5 nitrogen and oxygen atoms in total. The van der Waals surface area contributed by atoms with Gasteiger partial charge in [-0.25, -0.2) is 9.97 Å². The van der Waals surface area contributed by atoms with Gasteiger partial charge in [0.05, 0.1) is 11.9 Å². The lowest BCUT2D eigenvalue weighted by molar-refractivity contribution is -0.119. The van der Waals surface area contributed by atoms with E-state index in [1.807, 2.05) is 38.1 Å². The molecule has 0 spiro atoms. The van der Waals surface area contributed by atoms with Gasteiger partial charge in [-0.3, -0.25) is 4.79 Å². The fourth-order valence-electron chi connectivity index (χ4n) is 2.71. The van der Waals surface area contributed by atoms with E-state index in [4.69, 9.17) is 0 Å². The normalized spacial score (nSPS) is 10.9. The highest BCUT2D eigenvalue weighted by Gasteiger charge is 2.14. The zero-order chi connectivity index (χ0) is 18.0. The van der Waals surface area contributed by atoms with E-state index < -0.39 is 0 Å². The van der Waals surface area contributed by atoms with Crippen molar-refractivity contribution in [2.45, 2.75) is 34.2 Å². The number of anilines is 1. The summed E-state index contributed by atoms with van der Waals surface area (Å²) in [6, 6.07) is 8.05. The number of carbonyl (C=O) groups excluding carboxylic acids is 1. The third kappa shape index (κ3) is 3.79. The number of amides is 1. The van der Waals surface area contributed by atoms with Crippen LogP contribution in [-0.2, 0) is 11.3 Å². The second kappa shape index (κ2) is 7.19. The Morgan fingerprint density at radius 1 is 1.12 bits per heavy atom. The number of hydrogen-bond donors (Lipinski definition) is 2. The maximum absolute atomic E-state index is 12.2. The van der Waals surface area contributed by atoms with Crippen LogP contribution in [0.2, 0.25) is 0 Å². The van der Waals surface area contributed by atoms with Gasteiger partial charge in [0.25, 0.3) is 0 Å². The second-order valence-corrected chi connectivity index (χ2v) is 7.34. The first-order valence-corrected chi connectivity index (χ1v) is 9.06. The van der Waals surface area contributed by atoms with Gasteiger partial charge in [-0.15, -0.1) is 11.3 Å². The molecule has 0 saturated carbocycles. The largest absolute Gasteiger partial charge is 0.360 e. The molecular formula is C19H22N4OS. The molecule has 0 fully saturated rings. The minimum Gasteiger partial charge on any atom is -0.360 e. The summed E-state index contributed by atoms with van der Waals surface area (Å²) < 4.78 is 0. The molecule has 0 aliphatic carbocycles. The zero-order valence-electron chi connectivity index (χ0n) is 14.9. The fraction of sp³-hybridized carbons (Fsp3) is 0.316. The van der Waals surface area contributed by atoms with Crippen LogP contribution in [0.15, 0.2) is 24.3 Å². The maximum Gasteiger partial charge on any atom is 0.239 e. The van der Waals surface area contributed by atoms with Gasteiger partial charge < -0.3 is 10.6 Å². The predicted molar refractivity (Wildman–Crippen MR) is 103 cm³/mol. The monoisotopic (exact) mass is 354 g/mol. The fourth-order valence-corrected chi connectivity index (χ4v) is 3.79. The van der Waals surface area contributed by atoms with Crippen LogP contribution in [-0.4, -0.2) is 22.4 Å². The molecule has 0 atom stereocenters. The molecule has 2 aromatic heterocycles. The van der Waals surface area contributed by atoms with Crippen molar-refractivity contribution in [3.05, 3.63) is 51.7 Å². The number of thiophene rings is 1. The molecule has 0 unspecified atom stereocenters. The molecule has 2 N–H and O–H groups in total. The molecule has 3 aromatic rings. The van der Waals surface area contributed by atoms with E-state index in [1.165, 1.54) is 16.0 Å². The second-order valence-electron chi connectivity index (χ2n) is 6.14. The van der Waals surface area contributed by atoms with Crippen LogP contribution in [0.3, 0.4) is 0 Å². The Hall–Kier alpha value is -2.47. The lowest BCUT2D eigenvalue weighted by Gasteiger charge is -2.10. The van der Waals surface area contributed by atoms with E-state index in [2.05, 4.69) is 34.4 Å². The average molecular weight is 354 g/mol. The molecule has 1 amide bonds. The van der Waals surface area contributed by atoms with Gasteiger partial charge in [-0.2, -0.15) is 0 Å². The van der Waals surface area contributed by atoms with Gasteiger partial charge in [0, 0.05) is 11.4 Å². The Balaban J connectivity index is 1.68. The first kappa shape index (κ1) is 17.4. The smallest absolute Gasteiger partial charge is 0.239 e. The maximum atomic E-state index is 12.2. The van der Waals surface area contributed by atoms with Crippen molar-refractivity contribution in [2.24, 2.45) is 0 Å². The quantitative estimate of drug-likeness (QED) is 0.734. The van der Waals surface area contributed by atoms with Gasteiger partial charge in [-0.05, 0) is 44.4 Å². The summed E-state index contributed by atoms with van der Waals surface area (Å²) in [5, 5.41) is 7.14. The molecule has 6 heteroatoms. The molecule has 0 aliphatic rings. The predicted octanol–water partition coefficient (Wildman–Crippen LogP) is 3.65. The van der Waals surface area contributed by atoms with E-state index in [0.717, 1.165) is 21.6 Å². The van der Waals surface area contributed by atoms with Gasteiger partial charge in [0.2, 0.25) is 5.91 Å². The van der Waals surface area contributed by atoms with Crippen LogP contribution in [0.25, 0.3) is 10.2 Å².